The number of rotatable bonds is 5. The SMILES string of the molecule is COc1ccc(C(=O)Nc2cccc(-c3cc(=O)c4ccccc4o3)c2)cc1OC. The molecule has 6 heteroatoms. The molecule has 0 bridgehead atoms. The minimum Gasteiger partial charge on any atom is -0.493 e. The molecule has 0 spiro atoms. The van der Waals surface area contributed by atoms with E-state index in [0.29, 0.717) is 45.0 Å². The van der Waals surface area contributed by atoms with Crippen LogP contribution in [0.2, 0.25) is 0 Å². The van der Waals surface area contributed by atoms with Crippen LogP contribution in [0.3, 0.4) is 0 Å². The van der Waals surface area contributed by atoms with Gasteiger partial charge in [-0.2, -0.15) is 0 Å². The molecule has 3 aromatic carbocycles. The molecule has 4 rings (SSSR count). The number of anilines is 1. The van der Waals surface area contributed by atoms with Crippen LogP contribution in [0.1, 0.15) is 10.4 Å². The molecular formula is C24H19NO5. The predicted molar refractivity (Wildman–Crippen MR) is 115 cm³/mol. The number of hydrogen-bond donors (Lipinski definition) is 1. The number of benzene rings is 3. The first-order valence-electron chi connectivity index (χ1n) is 9.26. The fourth-order valence-electron chi connectivity index (χ4n) is 3.18. The summed E-state index contributed by atoms with van der Waals surface area (Å²) in [5.74, 6) is 1.15. The number of fused-ring (bicyclic) bond motifs is 1. The van der Waals surface area contributed by atoms with Crippen LogP contribution < -0.4 is 20.2 Å². The molecule has 1 N–H and O–H groups in total. The van der Waals surface area contributed by atoms with E-state index in [9.17, 15) is 9.59 Å². The summed E-state index contributed by atoms with van der Waals surface area (Å²) in [5.41, 5.74) is 2.08. The minimum atomic E-state index is -0.298. The van der Waals surface area contributed by atoms with Crippen LogP contribution >= 0.6 is 0 Å². The van der Waals surface area contributed by atoms with Gasteiger partial charge < -0.3 is 19.2 Å². The molecule has 150 valence electrons. The maximum atomic E-state index is 12.7. The Hall–Kier alpha value is -4.06. The largest absolute Gasteiger partial charge is 0.493 e. The Kier molecular flexibility index (Phi) is 5.22. The average molecular weight is 401 g/mol. The Morgan fingerprint density at radius 3 is 2.47 bits per heavy atom. The molecule has 0 aliphatic heterocycles. The van der Waals surface area contributed by atoms with Crippen molar-refractivity contribution in [3.63, 3.8) is 0 Å². The van der Waals surface area contributed by atoms with Crippen molar-refractivity contribution in [2.24, 2.45) is 0 Å². The number of hydrogen-bond acceptors (Lipinski definition) is 5. The Balaban J connectivity index is 1.63. The lowest BCUT2D eigenvalue weighted by atomic mass is 10.1. The smallest absolute Gasteiger partial charge is 0.255 e. The standard InChI is InChI=1S/C24H19NO5/c1-28-21-11-10-16(13-23(21)29-2)24(27)25-17-7-5-6-15(12-17)22-14-19(26)18-8-3-4-9-20(18)30-22/h3-14H,1-2H3,(H,25,27). The topological polar surface area (TPSA) is 77.8 Å². The monoisotopic (exact) mass is 401 g/mol. The fraction of sp³-hybridized carbons (Fsp3) is 0.0833. The average Bonchev–Trinajstić information content (AvgIpc) is 2.78. The lowest BCUT2D eigenvalue weighted by molar-refractivity contribution is 0.102. The minimum absolute atomic E-state index is 0.119. The van der Waals surface area contributed by atoms with Gasteiger partial charge in [-0.3, -0.25) is 9.59 Å². The molecule has 0 saturated carbocycles. The summed E-state index contributed by atoms with van der Waals surface area (Å²) >= 11 is 0. The summed E-state index contributed by atoms with van der Waals surface area (Å²) in [6, 6.07) is 20.6. The number of carbonyl (C=O) groups is 1. The molecule has 0 unspecified atom stereocenters. The summed E-state index contributed by atoms with van der Waals surface area (Å²) in [5, 5.41) is 3.38. The van der Waals surface area contributed by atoms with Gasteiger partial charge in [-0.25, -0.2) is 0 Å². The molecule has 30 heavy (non-hydrogen) atoms. The quantitative estimate of drug-likeness (QED) is 0.523. The number of nitrogens with one attached hydrogen (secondary N) is 1. The van der Waals surface area contributed by atoms with E-state index in [2.05, 4.69) is 5.32 Å². The maximum Gasteiger partial charge on any atom is 0.255 e. The van der Waals surface area contributed by atoms with E-state index in [1.807, 2.05) is 12.1 Å². The van der Waals surface area contributed by atoms with Crippen molar-refractivity contribution in [3.05, 3.63) is 88.6 Å². The highest BCUT2D eigenvalue weighted by Gasteiger charge is 2.12. The van der Waals surface area contributed by atoms with Crippen molar-refractivity contribution in [1.29, 1.82) is 0 Å². The Morgan fingerprint density at radius 2 is 1.67 bits per heavy atom. The zero-order valence-electron chi connectivity index (χ0n) is 16.5. The fourth-order valence-corrected chi connectivity index (χ4v) is 3.18. The van der Waals surface area contributed by atoms with Crippen LogP contribution in [0.25, 0.3) is 22.3 Å². The first-order valence-corrected chi connectivity index (χ1v) is 9.26. The molecule has 1 aromatic heterocycles. The molecule has 6 nitrogen and oxygen atoms in total. The van der Waals surface area contributed by atoms with Gasteiger partial charge in [-0.15, -0.1) is 0 Å². The van der Waals surface area contributed by atoms with E-state index in [0.717, 1.165) is 0 Å². The van der Waals surface area contributed by atoms with E-state index >= 15 is 0 Å². The van der Waals surface area contributed by atoms with Gasteiger partial charge in [0.15, 0.2) is 16.9 Å². The van der Waals surface area contributed by atoms with Crippen molar-refractivity contribution in [1.82, 2.24) is 0 Å². The first-order chi connectivity index (χ1) is 14.6. The zero-order valence-corrected chi connectivity index (χ0v) is 16.5. The molecule has 0 atom stereocenters. The van der Waals surface area contributed by atoms with Crippen LogP contribution in [0.4, 0.5) is 5.69 Å². The molecule has 0 saturated heterocycles. The second-order valence-corrected chi connectivity index (χ2v) is 6.58. The maximum absolute atomic E-state index is 12.7. The molecular weight excluding hydrogens is 382 g/mol. The predicted octanol–water partition coefficient (Wildman–Crippen LogP) is 4.73. The van der Waals surface area contributed by atoms with Crippen molar-refractivity contribution in [3.8, 4) is 22.8 Å². The van der Waals surface area contributed by atoms with E-state index in [1.54, 1.807) is 54.6 Å². The Bertz CT molecular complexity index is 1290. The van der Waals surface area contributed by atoms with E-state index in [1.165, 1.54) is 20.3 Å². The molecule has 1 heterocycles. The molecule has 4 aromatic rings. The van der Waals surface area contributed by atoms with Gasteiger partial charge in [-0.05, 0) is 42.5 Å². The van der Waals surface area contributed by atoms with E-state index in [-0.39, 0.29) is 11.3 Å². The van der Waals surface area contributed by atoms with Gasteiger partial charge in [0.05, 0.1) is 19.6 Å². The highest BCUT2D eigenvalue weighted by atomic mass is 16.5. The lowest BCUT2D eigenvalue weighted by Crippen LogP contribution is -2.12. The lowest BCUT2D eigenvalue weighted by Gasteiger charge is -2.11. The van der Waals surface area contributed by atoms with Gasteiger partial charge in [-0.1, -0.05) is 24.3 Å². The van der Waals surface area contributed by atoms with Crippen LogP contribution in [0.5, 0.6) is 11.5 Å². The summed E-state index contributed by atoms with van der Waals surface area (Å²) in [6.45, 7) is 0. The number of ether oxygens (including phenoxy) is 2. The number of carbonyl (C=O) groups excluding carboxylic acids is 1. The number of methoxy groups -OCH3 is 2. The van der Waals surface area contributed by atoms with Gasteiger partial charge >= 0.3 is 0 Å². The van der Waals surface area contributed by atoms with Gasteiger partial charge in [0.25, 0.3) is 5.91 Å². The number of amides is 1. The highest BCUT2D eigenvalue weighted by Crippen LogP contribution is 2.28. The zero-order chi connectivity index (χ0) is 21.1. The van der Waals surface area contributed by atoms with E-state index < -0.39 is 0 Å². The highest BCUT2D eigenvalue weighted by molar-refractivity contribution is 6.05. The summed E-state index contributed by atoms with van der Waals surface area (Å²) in [7, 11) is 3.05. The normalized spacial score (nSPS) is 10.6. The van der Waals surface area contributed by atoms with Gasteiger partial charge in [0, 0.05) is 22.9 Å². The first kappa shape index (κ1) is 19.3. The van der Waals surface area contributed by atoms with E-state index in [4.69, 9.17) is 13.9 Å². The van der Waals surface area contributed by atoms with Crippen LogP contribution in [-0.4, -0.2) is 20.1 Å². The molecule has 0 fully saturated rings. The van der Waals surface area contributed by atoms with Crippen LogP contribution in [0, 0.1) is 0 Å². The third-order valence-electron chi connectivity index (χ3n) is 4.69. The molecule has 0 aliphatic rings. The summed E-state index contributed by atoms with van der Waals surface area (Å²) in [6.07, 6.45) is 0. The van der Waals surface area contributed by atoms with Crippen molar-refractivity contribution in [2.75, 3.05) is 19.5 Å². The third-order valence-corrected chi connectivity index (χ3v) is 4.69. The Morgan fingerprint density at radius 1 is 0.867 bits per heavy atom. The van der Waals surface area contributed by atoms with Crippen LogP contribution in [0.15, 0.2) is 82.0 Å². The van der Waals surface area contributed by atoms with Gasteiger partial charge in [0.2, 0.25) is 0 Å². The molecule has 0 aliphatic carbocycles. The summed E-state index contributed by atoms with van der Waals surface area (Å²) < 4.78 is 16.3. The molecule has 0 radical (unpaired) electrons. The van der Waals surface area contributed by atoms with Crippen molar-refractivity contribution >= 4 is 22.6 Å². The molecule has 1 amide bonds. The van der Waals surface area contributed by atoms with Crippen molar-refractivity contribution in [2.45, 2.75) is 0 Å². The second-order valence-electron chi connectivity index (χ2n) is 6.58. The Labute approximate surface area is 172 Å². The van der Waals surface area contributed by atoms with Crippen LogP contribution in [-0.2, 0) is 0 Å². The van der Waals surface area contributed by atoms with Gasteiger partial charge in [0.1, 0.15) is 11.3 Å². The van der Waals surface area contributed by atoms with Crippen molar-refractivity contribution < 1.29 is 18.7 Å². The second kappa shape index (κ2) is 8.13. The number of para-hydroxylation sites is 1. The summed E-state index contributed by atoms with van der Waals surface area (Å²) in [4.78, 5) is 25.1. The third kappa shape index (κ3) is 3.75.